The van der Waals surface area contributed by atoms with E-state index in [1.807, 2.05) is 0 Å². The highest BCUT2D eigenvalue weighted by Gasteiger charge is 2.59. The fraction of sp³-hybridized carbons (Fsp3) is 1.00. The van der Waals surface area contributed by atoms with Gasteiger partial charge >= 0.3 is 0 Å². The first-order valence-corrected chi connectivity index (χ1v) is 9.96. The number of hydrogen-bond acceptors (Lipinski definition) is 2. The second kappa shape index (κ2) is 6.81. The van der Waals surface area contributed by atoms with Gasteiger partial charge in [0.1, 0.15) is 0 Å². The van der Waals surface area contributed by atoms with Crippen LogP contribution in [-0.4, -0.2) is 38.1 Å². The maximum atomic E-state index is 3.31. The van der Waals surface area contributed by atoms with E-state index in [1.54, 1.807) is 25.7 Å². The van der Waals surface area contributed by atoms with Gasteiger partial charge in [-0.25, -0.2) is 0 Å². The third-order valence-corrected chi connectivity index (χ3v) is 7.01. The van der Waals surface area contributed by atoms with Crippen molar-refractivity contribution in [1.82, 2.24) is 10.2 Å². The molecule has 0 aromatic rings. The summed E-state index contributed by atoms with van der Waals surface area (Å²) >= 11 is 0. The van der Waals surface area contributed by atoms with E-state index in [9.17, 15) is 0 Å². The van der Waals surface area contributed by atoms with Crippen LogP contribution in [0.4, 0.5) is 0 Å². The zero-order chi connectivity index (χ0) is 15.6. The molecule has 3 rings (SSSR count). The molecule has 2 spiro atoms. The minimum absolute atomic E-state index is 0.776. The summed E-state index contributed by atoms with van der Waals surface area (Å²) in [6.45, 7) is 10.1. The standard InChI is InChI=1S/C20H38N2/c1-4-5-17(2)14-22-10-7-19(8-11-22)15-20(16-19)12-18(13-20)6-9-21-3/h17-18,21H,4-16H2,1-3H3. The van der Waals surface area contributed by atoms with Gasteiger partial charge in [-0.1, -0.05) is 20.3 Å². The molecule has 1 aliphatic heterocycles. The molecule has 2 heteroatoms. The van der Waals surface area contributed by atoms with E-state index >= 15 is 0 Å². The van der Waals surface area contributed by atoms with Crippen molar-refractivity contribution in [2.24, 2.45) is 22.7 Å². The number of nitrogens with one attached hydrogen (secondary N) is 1. The smallest absolute Gasteiger partial charge is 0.000702 e. The van der Waals surface area contributed by atoms with E-state index in [-0.39, 0.29) is 0 Å². The van der Waals surface area contributed by atoms with Gasteiger partial charge in [-0.3, -0.25) is 0 Å². The summed E-state index contributed by atoms with van der Waals surface area (Å²) in [4.78, 5) is 2.76. The van der Waals surface area contributed by atoms with E-state index in [2.05, 4.69) is 31.1 Å². The molecule has 3 aliphatic rings. The van der Waals surface area contributed by atoms with E-state index in [0.717, 1.165) is 22.7 Å². The summed E-state index contributed by atoms with van der Waals surface area (Å²) < 4.78 is 0. The molecule has 22 heavy (non-hydrogen) atoms. The molecule has 0 aromatic carbocycles. The Hall–Kier alpha value is -0.0800. The number of nitrogens with zero attached hydrogens (tertiary/aromatic N) is 1. The molecule has 0 amide bonds. The zero-order valence-electron chi connectivity index (χ0n) is 15.3. The lowest BCUT2D eigenvalue weighted by Gasteiger charge is -2.66. The molecule has 1 unspecified atom stereocenters. The van der Waals surface area contributed by atoms with Gasteiger partial charge in [-0.15, -0.1) is 0 Å². The van der Waals surface area contributed by atoms with Crippen LogP contribution in [0.25, 0.3) is 0 Å². The van der Waals surface area contributed by atoms with Crippen LogP contribution >= 0.6 is 0 Å². The molecule has 1 atom stereocenters. The Morgan fingerprint density at radius 3 is 2.41 bits per heavy atom. The van der Waals surface area contributed by atoms with E-state index in [0.29, 0.717) is 0 Å². The average molecular weight is 307 g/mol. The molecule has 0 bridgehead atoms. The summed E-state index contributed by atoms with van der Waals surface area (Å²) in [6, 6.07) is 0. The van der Waals surface area contributed by atoms with E-state index < -0.39 is 0 Å². The summed E-state index contributed by atoms with van der Waals surface area (Å²) in [7, 11) is 2.09. The number of rotatable bonds is 7. The fourth-order valence-electron chi connectivity index (χ4n) is 6.13. The van der Waals surface area contributed by atoms with Gasteiger partial charge in [0.25, 0.3) is 0 Å². The molecule has 2 saturated carbocycles. The van der Waals surface area contributed by atoms with Crippen molar-refractivity contribution in [3.63, 3.8) is 0 Å². The lowest BCUT2D eigenvalue weighted by atomic mass is 9.40. The van der Waals surface area contributed by atoms with Crippen molar-refractivity contribution in [3.05, 3.63) is 0 Å². The minimum Gasteiger partial charge on any atom is -0.320 e. The van der Waals surface area contributed by atoms with Crippen molar-refractivity contribution in [2.45, 2.75) is 71.6 Å². The van der Waals surface area contributed by atoms with Gasteiger partial charge in [0.15, 0.2) is 0 Å². The molecular formula is C20H38N2. The van der Waals surface area contributed by atoms with Crippen LogP contribution in [-0.2, 0) is 0 Å². The number of piperidine rings is 1. The third-order valence-electron chi connectivity index (χ3n) is 7.01. The first-order chi connectivity index (χ1) is 10.6. The predicted octanol–water partition coefficient (Wildman–Crippen LogP) is 4.30. The van der Waals surface area contributed by atoms with Gasteiger partial charge in [0.2, 0.25) is 0 Å². The highest BCUT2D eigenvalue weighted by Crippen LogP contribution is 2.69. The van der Waals surface area contributed by atoms with Crippen LogP contribution in [0.15, 0.2) is 0 Å². The first kappa shape index (κ1) is 16.8. The summed E-state index contributed by atoms with van der Waals surface area (Å²) in [6.07, 6.45) is 13.4. The minimum atomic E-state index is 0.776. The predicted molar refractivity (Wildman–Crippen MR) is 95.1 cm³/mol. The second-order valence-electron chi connectivity index (χ2n) is 9.21. The normalized spacial score (nSPS) is 28.5. The maximum Gasteiger partial charge on any atom is 0.000702 e. The summed E-state index contributed by atoms with van der Waals surface area (Å²) in [5, 5.41) is 3.31. The number of hydrogen-bond donors (Lipinski definition) is 1. The average Bonchev–Trinajstić information content (AvgIpc) is 2.42. The Morgan fingerprint density at radius 2 is 1.82 bits per heavy atom. The summed E-state index contributed by atoms with van der Waals surface area (Å²) in [5.41, 5.74) is 1.59. The first-order valence-electron chi connectivity index (χ1n) is 9.96. The molecule has 2 aliphatic carbocycles. The zero-order valence-corrected chi connectivity index (χ0v) is 15.3. The topological polar surface area (TPSA) is 15.3 Å². The Balaban J connectivity index is 1.35. The van der Waals surface area contributed by atoms with Crippen LogP contribution in [0.3, 0.4) is 0 Å². The largest absolute Gasteiger partial charge is 0.320 e. The van der Waals surface area contributed by atoms with E-state index in [4.69, 9.17) is 0 Å². The molecule has 0 aromatic heterocycles. The lowest BCUT2D eigenvalue weighted by Crippen LogP contribution is -2.57. The lowest BCUT2D eigenvalue weighted by molar-refractivity contribution is -0.150. The Bertz CT molecular complexity index is 341. The fourth-order valence-corrected chi connectivity index (χ4v) is 6.13. The molecule has 128 valence electrons. The summed E-state index contributed by atoms with van der Waals surface area (Å²) in [5.74, 6) is 1.94. The Kier molecular flexibility index (Phi) is 5.19. The van der Waals surface area contributed by atoms with Crippen LogP contribution in [0.5, 0.6) is 0 Å². The van der Waals surface area contributed by atoms with E-state index in [1.165, 1.54) is 58.3 Å². The van der Waals surface area contributed by atoms with Crippen LogP contribution in [0, 0.1) is 22.7 Å². The third kappa shape index (κ3) is 3.53. The molecular weight excluding hydrogens is 268 g/mol. The molecule has 1 N–H and O–H groups in total. The van der Waals surface area contributed by atoms with Gasteiger partial charge in [0.05, 0.1) is 0 Å². The molecule has 3 fully saturated rings. The Morgan fingerprint density at radius 1 is 1.14 bits per heavy atom. The molecule has 1 saturated heterocycles. The molecule has 2 nitrogen and oxygen atoms in total. The van der Waals surface area contributed by atoms with Crippen LogP contribution in [0.2, 0.25) is 0 Å². The van der Waals surface area contributed by atoms with Gasteiger partial charge in [0, 0.05) is 6.54 Å². The van der Waals surface area contributed by atoms with Crippen molar-refractivity contribution in [3.8, 4) is 0 Å². The van der Waals surface area contributed by atoms with Crippen LogP contribution in [0.1, 0.15) is 71.6 Å². The van der Waals surface area contributed by atoms with Crippen LogP contribution < -0.4 is 5.32 Å². The van der Waals surface area contributed by atoms with Gasteiger partial charge < -0.3 is 10.2 Å². The van der Waals surface area contributed by atoms with Crippen molar-refractivity contribution < 1.29 is 0 Å². The highest BCUT2D eigenvalue weighted by molar-refractivity contribution is 5.10. The SMILES string of the molecule is CCCC(C)CN1CCC2(CC1)CC1(CC(CCNC)C1)C2. The molecule has 1 heterocycles. The molecule has 0 radical (unpaired) electrons. The van der Waals surface area contributed by atoms with Crippen molar-refractivity contribution >= 4 is 0 Å². The van der Waals surface area contributed by atoms with Gasteiger partial charge in [-0.2, -0.15) is 0 Å². The van der Waals surface area contributed by atoms with Gasteiger partial charge in [-0.05, 0) is 101 Å². The number of likely N-dealkylation sites (tertiary alicyclic amines) is 1. The van der Waals surface area contributed by atoms with Crippen molar-refractivity contribution in [1.29, 1.82) is 0 Å². The highest BCUT2D eigenvalue weighted by atomic mass is 15.1. The Labute approximate surface area is 138 Å². The van der Waals surface area contributed by atoms with Crippen molar-refractivity contribution in [2.75, 3.05) is 33.2 Å². The second-order valence-corrected chi connectivity index (χ2v) is 9.21. The quantitative estimate of drug-likeness (QED) is 0.754. The monoisotopic (exact) mass is 306 g/mol. The maximum absolute atomic E-state index is 3.31.